The van der Waals surface area contributed by atoms with Crippen LogP contribution in [-0.4, -0.2) is 46.3 Å². The predicted molar refractivity (Wildman–Crippen MR) is 104 cm³/mol. The molecule has 0 aliphatic heterocycles. The number of carbonyl (C=O) groups is 8. The number of carbonyl (C=O) groups excluding carboxylic acids is 8. The van der Waals surface area contributed by atoms with Gasteiger partial charge in [-0.15, -0.1) is 0 Å². The Kier molecular flexibility index (Phi) is 31.1. The fourth-order valence-electron chi connectivity index (χ4n) is 1.40. The number of Topliss-reactive ketones (excluding diaryl/α,β-unsaturated/α-hetero) is 8. The van der Waals surface area contributed by atoms with Gasteiger partial charge in [-0.2, -0.15) is 0 Å². The van der Waals surface area contributed by atoms with Crippen molar-refractivity contribution in [1.82, 2.24) is 0 Å². The Morgan fingerprint density at radius 2 is 0.379 bits per heavy atom. The SMILES string of the molecule is CC(=O)CC(C)=O.CC(=O)CC(C)=O.CC(=O)CC(C)=O.CC(=O)CC(C)=O.[V+4]. The second-order valence-corrected chi connectivity index (χ2v) is 6.32. The molecule has 0 aromatic rings. The van der Waals surface area contributed by atoms with Crippen molar-refractivity contribution in [3.63, 3.8) is 0 Å². The molecule has 1 radical (unpaired) electrons. The first-order valence-electron chi connectivity index (χ1n) is 8.46. The van der Waals surface area contributed by atoms with Crippen LogP contribution in [0.3, 0.4) is 0 Å². The molecule has 0 aliphatic carbocycles. The molecule has 0 N–H and O–H groups in total. The van der Waals surface area contributed by atoms with Gasteiger partial charge in [0.25, 0.3) is 0 Å². The topological polar surface area (TPSA) is 137 Å². The van der Waals surface area contributed by atoms with Crippen LogP contribution in [0, 0.1) is 0 Å². The van der Waals surface area contributed by atoms with Gasteiger partial charge in [0, 0.05) is 0 Å². The van der Waals surface area contributed by atoms with E-state index in [1.54, 1.807) is 0 Å². The number of rotatable bonds is 8. The van der Waals surface area contributed by atoms with Gasteiger partial charge in [-0.05, 0) is 55.4 Å². The molecule has 0 heterocycles. The zero-order valence-corrected chi connectivity index (χ0v) is 19.9. The fraction of sp³-hybridized carbons (Fsp3) is 0.600. The van der Waals surface area contributed by atoms with Gasteiger partial charge < -0.3 is 0 Å². The van der Waals surface area contributed by atoms with Crippen LogP contribution in [0.1, 0.15) is 81.1 Å². The molecule has 0 bridgehead atoms. The van der Waals surface area contributed by atoms with E-state index in [2.05, 4.69) is 0 Å². The Hall–Kier alpha value is -2.06. The summed E-state index contributed by atoms with van der Waals surface area (Å²) in [6.45, 7) is 11.2. The zero-order chi connectivity index (χ0) is 23.4. The Morgan fingerprint density at radius 1 is 0.310 bits per heavy atom. The molecular weight excluding hydrogens is 419 g/mol. The van der Waals surface area contributed by atoms with Gasteiger partial charge in [0.05, 0.1) is 25.7 Å². The quantitative estimate of drug-likeness (QED) is 0.512. The smallest absolute Gasteiger partial charge is 0.300 e. The van der Waals surface area contributed by atoms with Crippen molar-refractivity contribution in [1.29, 1.82) is 0 Å². The molecule has 0 aromatic heterocycles. The molecule has 0 unspecified atom stereocenters. The van der Waals surface area contributed by atoms with Crippen molar-refractivity contribution in [2.24, 2.45) is 0 Å². The van der Waals surface area contributed by atoms with Gasteiger partial charge in [0.2, 0.25) is 0 Å². The molecule has 0 amide bonds. The van der Waals surface area contributed by atoms with E-state index < -0.39 is 0 Å². The molecule has 161 valence electrons. The van der Waals surface area contributed by atoms with Gasteiger partial charge in [-0.25, -0.2) is 0 Å². The molecule has 0 saturated carbocycles. The third-order valence-electron chi connectivity index (χ3n) is 1.99. The summed E-state index contributed by atoms with van der Waals surface area (Å²) in [7, 11) is 0. The number of hydrogen-bond donors (Lipinski definition) is 0. The summed E-state index contributed by atoms with van der Waals surface area (Å²) in [5.74, 6) is -0.500. The minimum absolute atomic E-state index is 0. The first-order chi connectivity index (χ1) is 12.5. The molecule has 0 fully saturated rings. The standard InChI is InChI=1S/4C5H8O2.V/c4*1-4(6)3-5(2)7;/h4*3H2,1-2H3;/q;;;;+4. The minimum atomic E-state index is -0.0625. The van der Waals surface area contributed by atoms with E-state index in [-0.39, 0.29) is 90.5 Å². The first-order valence-corrected chi connectivity index (χ1v) is 8.46. The minimum Gasteiger partial charge on any atom is -0.300 e. The van der Waals surface area contributed by atoms with Crippen molar-refractivity contribution >= 4 is 46.3 Å². The van der Waals surface area contributed by atoms with Crippen LogP contribution in [0.5, 0.6) is 0 Å². The molecular formula is C20H32O8V+4. The van der Waals surface area contributed by atoms with Crippen LogP contribution in [0.2, 0.25) is 0 Å². The fourth-order valence-corrected chi connectivity index (χ4v) is 1.40. The van der Waals surface area contributed by atoms with Crippen LogP contribution < -0.4 is 0 Å². The van der Waals surface area contributed by atoms with Crippen LogP contribution in [-0.2, 0) is 56.9 Å². The second-order valence-electron chi connectivity index (χ2n) is 6.32. The molecule has 0 aromatic carbocycles. The molecule has 0 spiro atoms. The van der Waals surface area contributed by atoms with E-state index in [1.165, 1.54) is 55.4 Å². The monoisotopic (exact) mass is 451 g/mol. The summed E-state index contributed by atoms with van der Waals surface area (Å²) in [5.41, 5.74) is 0. The van der Waals surface area contributed by atoms with Gasteiger partial charge in [-0.3, -0.25) is 38.4 Å². The summed E-state index contributed by atoms with van der Waals surface area (Å²) in [6, 6.07) is 0. The Labute approximate surface area is 184 Å². The maximum absolute atomic E-state index is 10.0. The van der Waals surface area contributed by atoms with E-state index >= 15 is 0 Å². The molecule has 0 saturated heterocycles. The van der Waals surface area contributed by atoms with Crippen LogP contribution in [0.15, 0.2) is 0 Å². The zero-order valence-electron chi connectivity index (χ0n) is 18.5. The number of hydrogen-bond acceptors (Lipinski definition) is 8. The predicted octanol–water partition coefficient (Wildman–Crippen LogP) is 2.22. The Bertz CT molecular complexity index is 439. The third-order valence-corrected chi connectivity index (χ3v) is 1.99. The van der Waals surface area contributed by atoms with Gasteiger partial charge in [0.15, 0.2) is 0 Å². The third kappa shape index (κ3) is 76.5. The second kappa shape index (κ2) is 24.0. The normalized spacial score (nSPS) is 8.00. The van der Waals surface area contributed by atoms with Crippen LogP contribution in [0.4, 0.5) is 0 Å². The summed E-state index contributed by atoms with van der Waals surface area (Å²) in [6.07, 6.45) is 0.333. The Morgan fingerprint density at radius 3 is 0.379 bits per heavy atom. The van der Waals surface area contributed by atoms with E-state index in [1.807, 2.05) is 0 Å². The maximum Gasteiger partial charge on any atom is 4.00 e. The van der Waals surface area contributed by atoms with Crippen molar-refractivity contribution in [2.75, 3.05) is 0 Å². The van der Waals surface area contributed by atoms with Crippen molar-refractivity contribution in [2.45, 2.75) is 81.1 Å². The average Bonchev–Trinajstić information content (AvgIpc) is 2.32. The summed E-state index contributed by atoms with van der Waals surface area (Å²) < 4.78 is 0. The number of ketones is 8. The van der Waals surface area contributed by atoms with Crippen molar-refractivity contribution in [3.05, 3.63) is 0 Å². The van der Waals surface area contributed by atoms with Crippen LogP contribution in [0.25, 0.3) is 0 Å². The van der Waals surface area contributed by atoms with E-state index in [0.29, 0.717) is 0 Å². The molecule has 0 atom stereocenters. The first kappa shape index (κ1) is 37.7. The molecule has 9 heteroatoms. The Balaban J connectivity index is -0.0000000873. The molecule has 8 nitrogen and oxygen atoms in total. The average molecular weight is 451 g/mol. The van der Waals surface area contributed by atoms with Crippen molar-refractivity contribution < 1.29 is 56.9 Å². The molecule has 29 heavy (non-hydrogen) atoms. The van der Waals surface area contributed by atoms with E-state index in [9.17, 15) is 38.4 Å². The molecule has 0 aliphatic rings. The summed E-state index contributed by atoms with van der Waals surface area (Å²) >= 11 is 0. The van der Waals surface area contributed by atoms with Crippen LogP contribution >= 0.6 is 0 Å². The van der Waals surface area contributed by atoms with Crippen molar-refractivity contribution in [3.8, 4) is 0 Å². The largest absolute Gasteiger partial charge is 4.00 e. The maximum atomic E-state index is 10.0. The van der Waals surface area contributed by atoms with Gasteiger partial charge >= 0.3 is 18.6 Å². The summed E-state index contributed by atoms with van der Waals surface area (Å²) in [5, 5.41) is 0. The summed E-state index contributed by atoms with van der Waals surface area (Å²) in [4.78, 5) is 80.3. The van der Waals surface area contributed by atoms with E-state index in [0.717, 1.165) is 0 Å². The van der Waals surface area contributed by atoms with Gasteiger partial charge in [0.1, 0.15) is 46.3 Å². The van der Waals surface area contributed by atoms with E-state index in [4.69, 9.17) is 0 Å². The van der Waals surface area contributed by atoms with Gasteiger partial charge in [-0.1, -0.05) is 0 Å². The molecule has 0 rings (SSSR count).